The zero-order valence-corrected chi connectivity index (χ0v) is 15.4. The lowest BCUT2D eigenvalue weighted by molar-refractivity contribution is -0.230. The average Bonchev–Trinajstić information content (AvgIpc) is 2.63. The van der Waals surface area contributed by atoms with Crippen LogP contribution in [0.5, 0.6) is 0 Å². The third-order valence-electron chi connectivity index (χ3n) is 6.41. The van der Waals surface area contributed by atoms with Crippen molar-refractivity contribution < 1.29 is 13.9 Å². The molecular weight excluding hydrogens is 303 g/mol. The lowest BCUT2D eigenvalue weighted by atomic mass is 9.77. The maximum absolute atomic E-state index is 13.1. The van der Waals surface area contributed by atoms with Crippen molar-refractivity contribution in [3.05, 3.63) is 11.9 Å². The standard InChI is InChI=1S/C21H35FO2/c1-2-3-18-14-23-21(24-15-18)19-10-6-16(7-11-19)4-5-17-8-12-20(22)13-9-17/h12,16-19,21H,2-11,13-15H2,1H3/t16?,17?,18-,19?,21-. The van der Waals surface area contributed by atoms with E-state index in [0.717, 1.165) is 37.9 Å². The van der Waals surface area contributed by atoms with Gasteiger partial charge in [0, 0.05) is 11.8 Å². The van der Waals surface area contributed by atoms with Crippen LogP contribution in [0, 0.1) is 23.7 Å². The second-order valence-electron chi connectivity index (χ2n) is 8.34. The minimum Gasteiger partial charge on any atom is -0.352 e. The summed E-state index contributed by atoms with van der Waals surface area (Å²) in [6.07, 6.45) is 14.8. The van der Waals surface area contributed by atoms with Crippen LogP contribution in [0.3, 0.4) is 0 Å². The molecular formula is C21H35FO2. The van der Waals surface area contributed by atoms with Gasteiger partial charge < -0.3 is 9.47 Å². The summed E-state index contributed by atoms with van der Waals surface area (Å²) in [5, 5.41) is 0. The zero-order chi connectivity index (χ0) is 16.8. The SMILES string of the molecule is CCC[C@H]1CO[C@H](C2CCC(CCC3CC=C(F)CC3)CC2)OC1. The number of rotatable bonds is 6. The Bertz CT molecular complexity index is 393. The fourth-order valence-electron chi connectivity index (χ4n) is 4.74. The Morgan fingerprint density at radius 2 is 1.62 bits per heavy atom. The molecule has 2 nitrogen and oxygen atoms in total. The average molecular weight is 339 g/mol. The van der Waals surface area contributed by atoms with Crippen LogP contribution in [-0.2, 0) is 9.47 Å². The van der Waals surface area contributed by atoms with Gasteiger partial charge in [0.1, 0.15) is 0 Å². The van der Waals surface area contributed by atoms with Crippen LogP contribution in [0.4, 0.5) is 4.39 Å². The van der Waals surface area contributed by atoms with E-state index in [-0.39, 0.29) is 12.1 Å². The molecule has 0 aromatic carbocycles. The molecule has 0 radical (unpaired) electrons. The molecule has 2 aliphatic carbocycles. The molecule has 1 saturated carbocycles. The van der Waals surface area contributed by atoms with Gasteiger partial charge in [-0.25, -0.2) is 4.39 Å². The molecule has 0 aromatic rings. The van der Waals surface area contributed by atoms with Crippen molar-refractivity contribution in [3.8, 4) is 0 Å². The Balaban J connectivity index is 1.31. The van der Waals surface area contributed by atoms with Crippen molar-refractivity contribution in [2.45, 2.75) is 83.8 Å². The van der Waals surface area contributed by atoms with Crippen LogP contribution < -0.4 is 0 Å². The van der Waals surface area contributed by atoms with Crippen LogP contribution in [0.1, 0.15) is 77.6 Å². The molecule has 1 saturated heterocycles. The van der Waals surface area contributed by atoms with Crippen molar-refractivity contribution in [2.75, 3.05) is 13.2 Å². The van der Waals surface area contributed by atoms with Crippen molar-refractivity contribution in [2.24, 2.45) is 23.7 Å². The van der Waals surface area contributed by atoms with E-state index in [1.54, 1.807) is 0 Å². The fraction of sp³-hybridized carbons (Fsp3) is 0.905. The number of halogens is 1. The molecule has 138 valence electrons. The van der Waals surface area contributed by atoms with Crippen LogP contribution in [0.2, 0.25) is 0 Å². The van der Waals surface area contributed by atoms with Gasteiger partial charge in [-0.15, -0.1) is 0 Å². The largest absolute Gasteiger partial charge is 0.352 e. The smallest absolute Gasteiger partial charge is 0.160 e. The second kappa shape index (κ2) is 9.33. The molecule has 1 aliphatic heterocycles. The third-order valence-corrected chi connectivity index (χ3v) is 6.41. The van der Waals surface area contributed by atoms with Crippen LogP contribution in [0.15, 0.2) is 11.9 Å². The van der Waals surface area contributed by atoms with Gasteiger partial charge in [-0.05, 0) is 69.6 Å². The molecule has 1 heterocycles. The summed E-state index contributed by atoms with van der Waals surface area (Å²) in [4.78, 5) is 0. The van der Waals surface area contributed by atoms with Gasteiger partial charge in [-0.2, -0.15) is 0 Å². The summed E-state index contributed by atoms with van der Waals surface area (Å²) in [7, 11) is 0. The first-order valence-electron chi connectivity index (χ1n) is 10.3. The Hall–Kier alpha value is -0.410. The summed E-state index contributed by atoms with van der Waals surface area (Å²) in [5.41, 5.74) is 0. The molecule has 3 aliphatic rings. The molecule has 0 spiro atoms. The number of ether oxygens (including phenoxy) is 2. The van der Waals surface area contributed by atoms with Gasteiger partial charge in [0.05, 0.1) is 19.0 Å². The molecule has 0 amide bonds. The summed E-state index contributed by atoms with van der Waals surface area (Å²) in [6, 6.07) is 0. The Morgan fingerprint density at radius 3 is 2.25 bits per heavy atom. The third kappa shape index (κ3) is 5.29. The molecule has 1 unspecified atom stereocenters. The maximum Gasteiger partial charge on any atom is 0.160 e. The quantitative estimate of drug-likeness (QED) is 0.590. The first-order valence-corrected chi connectivity index (χ1v) is 10.3. The second-order valence-corrected chi connectivity index (χ2v) is 8.34. The van der Waals surface area contributed by atoms with Crippen molar-refractivity contribution in [3.63, 3.8) is 0 Å². The molecule has 1 atom stereocenters. The predicted octanol–water partition coefficient (Wildman–Crippen LogP) is 6.02. The number of hydrogen-bond donors (Lipinski definition) is 0. The first kappa shape index (κ1) is 18.4. The van der Waals surface area contributed by atoms with Crippen molar-refractivity contribution in [1.29, 1.82) is 0 Å². The highest BCUT2D eigenvalue weighted by atomic mass is 19.1. The Kier molecular flexibility index (Phi) is 7.15. The van der Waals surface area contributed by atoms with E-state index in [2.05, 4.69) is 6.92 Å². The lowest BCUT2D eigenvalue weighted by Crippen LogP contribution is -2.38. The molecule has 0 N–H and O–H groups in total. The van der Waals surface area contributed by atoms with Crippen molar-refractivity contribution >= 4 is 0 Å². The van der Waals surface area contributed by atoms with Crippen LogP contribution in [-0.4, -0.2) is 19.5 Å². The minimum absolute atomic E-state index is 0.0607. The maximum atomic E-state index is 13.1. The van der Waals surface area contributed by atoms with E-state index in [9.17, 15) is 4.39 Å². The number of allylic oxidation sites excluding steroid dienone is 2. The highest BCUT2D eigenvalue weighted by Gasteiger charge is 2.32. The summed E-state index contributed by atoms with van der Waals surface area (Å²) in [5.74, 6) is 2.92. The first-order chi connectivity index (χ1) is 11.7. The fourth-order valence-corrected chi connectivity index (χ4v) is 4.74. The Labute approximate surface area is 147 Å². The summed E-state index contributed by atoms with van der Waals surface area (Å²) >= 11 is 0. The van der Waals surface area contributed by atoms with E-state index >= 15 is 0 Å². The molecule has 0 bridgehead atoms. The van der Waals surface area contributed by atoms with Gasteiger partial charge in [0.15, 0.2) is 6.29 Å². The van der Waals surface area contributed by atoms with E-state index < -0.39 is 0 Å². The lowest BCUT2D eigenvalue weighted by Gasteiger charge is -2.38. The normalized spacial score (nSPS) is 37.9. The van der Waals surface area contributed by atoms with Crippen LogP contribution >= 0.6 is 0 Å². The molecule has 24 heavy (non-hydrogen) atoms. The predicted molar refractivity (Wildman–Crippen MR) is 95.3 cm³/mol. The summed E-state index contributed by atoms with van der Waals surface area (Å²) < 4.78 is 25.1. The van der Waals surface area contributed by atoms with Crippen molar-refractivity contribution in [1.82, 2.24) is 0 Å². The van der Waals surface area contributed by atoms with E-state index in [1.807, 2.05) is 6.08 Å². The van der Waals surface area contributed by atoms with Gasteiger partial charge in [0.25, 0.3) is 0 Å². The minimum atomic E-state index is 0.0607. The zero-order valence-electron chi connectivity index (χ0n) is 15.4. The van der Waals surface area contributed by atoms with Gasteiger partial charge >= 0.3 is 0 Å². The van der Waals surface area contributed by atoms with E-state index in [1.165, 1.54) is 51.4 Å². The molecule has 3 heteroatoms. The molecule has 3 rings (SSSR count). The highest BCUT2D eigenvalue weighted by Crippen LogP contribution is 2.38. The molecule has 0 aromatic heterocycles. The van der Waals surface area contributed by atoms with Gasteiger partial charge in [-0.1, -0.05) is 25.8 Å². The molecule has 2 fully saturated rings. The highest BCUT2D eigenvalue weighted by molar-refractivity contribution is 4.97. The van der Waals surface area contributed by atoms with E-state index in [0.29, 0.717) is 18.3 Å². The summed E-state index contributed by atoms with van der Waals surface area (Å²) in [6.45, 7) is 4.02. The van der Waals surface area contributed by atoms with Gasteiger partial charge in [-0.3, -0.25) is 0 Å². The van der Waals surface area contributed by atoms with E-state index in [4.69, 9.17) is 9.47 Å². The van der Waals surface area contributed by atoms with Gasteiger partial charge in [0.2, 0.25) is 0 Å². The monoisotopic (exact) mass is 338 g/mol. The Morgan fingerprint density at radius 1 is 0.917 bits per heavy atom. The van der Waals surface area contributed by atoms with Crippen LogP contribution in [0.25, 0.3) is 0 Å². The number of hydrogen-bond acceptors (Lipinski definition) is 2. The topological polar surface area (TPSA) is 18.5 Å².